The van der Waals surface area contributed by atoms with Crippen LogP contribution in [0.4, 0.5) is 0 Å². The molecule has 1 unspecified atom stereocenters. The molecule has 0 spiro atoms. The number of fused-ring (bicyclic) bond motifs is 1. The molecule has 2 aromatic heterocycles. The summed E-state index contributed by atoms with van der Waals surface area (Å²) in [6.07, 6.45) is 5.91. The van der Waals surface area contributed by atoms with Crippen LogP contribution in [0.15, 0.2) is 48.8 Å². The van der Waals surface area contributed by atoms with E-state index in [9.17, 15) is 9.59 Å². The van der Waals surface area contributed by atoms with Crippen molar-refractivity contribution in [3.8, 4) is 6.07 Å². The second-order valence-corrected chi connectivity index (χ2v) is 6.37. The minimum absolute atomic E-state index is 0.0538. The number of pyridine rings is 1. The Bertz CT molecular complexity index is 1050. The predicted octanol–water partition coefficient (Wildman–Crippen LogP) is 3.00. The van der Waals surface area contributed by atoms with E-state index in [0.29, 0.717) is 29.0 Å². The molecule has 1 aliphatic heterocycles. The van der Waals surface area contributed by atoms with Crippen LogP contribution in [0.3, 0.4) is 0 Å². The Morgan fingerprint density at radius 1 is 1.27 bits per heavy atom. The van der Waals surface area contributed by atoms with E-state index in [0.717, 1.165) is 24.7 Å². The van der Waals surface area contributed by atoms with E-state index in [2.05, 4.69) is 11.1 Å². The second-order valence-electron chi connectivity index (χ2n) is 6.37. The first-order valence-electron chi connectivity index (χ1n) is 8.44. The summed E-state index contributed by atoms with van der Waals surface area (Å²) in [7, 11) is 0. The molecular weight excluding hydrogens is 328 g/mol. The van der Waals surface area contributed by atoms with Crippen molar-refractivity contribution in [2.75, 3.05) is 6.54 Å². The van der Waals surface area contributed by atoms with Crippen LogP contribution in [-0.4, -0.2) is 33.0 Å². The van der Waals surface area contributed by atoms with Crippen LogP contribution >= 0.6 is 0 Å². The molecule has 0 aliphatic carbocycles. The SMILES string of the molecule is N#Cc1ccc2nc(C(=O)N3CCCC3c3cccc(C=O)c3)cn2c1. The fraction of sp³-hybridized carbons (Fsp3) is 0.200. The molecule has 1 aliphatic rings. The third-order valence-corrected chi connectivity index (χ3v) is 4.74. The molecule has 1 atom stereocenters. The summed E-state index contributed by atoms with van der Waals surface area (Å²) in [5.41, 5.74) is 3.08. The van der Waals surface area contributed by atoms with Gasteiger partial charge in [-0.1, -0.05) is 18.2 Å². The zero-order valence-electron chi connectivity index (χ0n) is 14.0. The summed E-state index contributed by atoms with van der Waals surface area (Å²) in [6, 6.07) is 12.8. The molecular formula is C20H16N4O2. The van der Waals surface area contributed by atoms with Crippen LogP contribution in [-0.2, 0) is 0 Å². The monoisotopic (exact) mass is 344 g/mol. The molecule has 3 aromatic rings. The maximum absolute atomic E-state index is 13.0. The average molecular weight is 344 g/mol. The zero-order chi connectivity index (χ0) is 18.1. The number of likely N-dealkylation sites (tertiary alicyclic amines) is 1. The molecule has 1 fully saturated rings. The van der Waals surface area contributed by atoms with Gasteiger partial charge in [0.15, 0.2) is 0 Å². The van der Waals surface area contributed by atoms with Gasteiger partial charge >= 0.3 is 0 Å². The van der Waals surface area contributed by atoms with Gasteiger partial charge in [-0.25, -0.2) is 4.98 Å². The van der Waals surface area contributed by atoms with Crippen molar-refractivity contribution in [1.82, 2.24) is 14.3 Å². The fourth-order valence-corrected chi connectivity index (χ4v) is 3.50. The number of nitriles is 1. The third kappa shape index (κ3) is 2.74. The zero-order valence-corrected chi connectivity index (χ0v) is 14.0. The van der Waals surface area contributed by atoms with E-state index in [1.54, 1.807) is 35.0 Å². The third-order valence-electron chi connectivity index (χ3n) is 4.74. The highest BCUT2D eigenvalue weighted by Crippen LogP contribution is 2.33. The molecule has 0 radical (unpaired) electrons. The van der Waals surface area contributed by atoms with Gasteiger partial charge in [-0.2, -0.15) is 5.26 Å². The summed E-state index contributed by atoms with van der Waals surface area (Å²) in [5.74, 6) is -0.133. The van der Waals surface area contributed by atoms with E-state index >= 15 is 0 Å². The molecule has 26 heavy (non-hydrogen) atoms. The Balaban J connectivity index is 1.66. The Kier molecular flexibility index (Phi) is 3.98. The Morgan fingerprint density at radius 2 is 2.15 bits per heavy atom. The van der Waals surface area contributed by atoms with Gasteiger partial charge in [0, 0.05) is 24.5 Å². The van der Waals surface area contributed by atoms with Gasteiger partial charge in [0.25, 0.3) is 5.91 Å². The number of hydrogen-bond acceptors (Lipinski definition) is 4. The van der Waals surface area contributed by atoms with E-state index in [-0.39, 0.29) is 11.9 Å². The van der Waals surface area contributed by atoms with E-state index in [1.165, 1.54) is 0 Å². The molecule has 0 bridgehead atoms. The molecule has 128 valence electrons. The highest BCUT2D eigenvalue weighted by molar-refractivity contribution is 5.93. The van der Waals surface area contributed by atoms with E-state index < -0.39 is 0 Å². The maximum Gasteiger partial charge on any atom is 0.274 e. The molecule has 1 saturated heterocycles. The van der Waals surface area contributed by atoms with Crippen LogP contribution in [0.1, 0.15) is 50.9 Å². The smallest absolute Gasteiger partial charge is 0.274 e. The Morgan fingerprint density at radius 3 is 2.96 bits per heavy atom. The molecule has 4 rings (SSSR count). The molecule has 0 N–H and O–H groups in total. The molecule has 1 aromatic carbocycles. The number of rotatable bonds is 3. The summed E-state index contributed by atoms with van der Waals surface area (Å²) >= 11 is 0. The predicted molar refractivity (Wildman–Crippen MR) is 94.7 cm³/mol. The van der Waals surface area contributed by atoms with Gasteiger partial charge in [0.2, 0.25) is 0 Å². The van der Waals surface area contributed by atoms with Crippen molar-refractivity contribution in [3.63, 3.8) is 0 Å². The van der Waals surface area contributed by atoms with E-state index in [1.807, 2.05) is 23.1 Å². The molecule has 6 nitrogen and oxygen atoms in total. The summed E-state index contributed by atoms with van der Waals surface area (Å²) in [4.78, 5) is 30.3. The van der Waals surface area contributed by atoms with Crippen molar-refractivity contribution in [3.05, 3.63) is 71.2 Å². The molecule has 1 amide bonds. The summed E-state index contributed by atoms with van der Waals surface area (Å²) < 4.78 is 1.70. The molecule has 0 saturated carbocycles. The Labute approximate surface area is 150 Å². The number of imidazole rings is 1. The van der Waals surface area contributed by atoms with Crippen LogP contribution in [0, 0.1) is 11.3 Å². The number of carbonyl (C=O) groups is 2. The number of aldehydes is 1. The standard InChI is InChI=1S/C20H16N4O2/c21-10-15-6-7-19-22-17(12-23(19)11-15)20(26)24-8-2-5-18(24)16-4-1-3-14(9-16)13-25/h1,3-4,6-7,9,11-13,18H,2,5,8H2. The molecule has 6 heteroatoms. The largest absolute Gasteiger partial charge is 0.330 e. The normalized spacial score (nSPS) is 16.6. The second kappa shape index (κ2) is 6.45. The van der Waals surface area contributed by atoms with Crippen molar-refractivity contribution in [2.45, 2.75) is 18.9 Å². The average Bonchev–Trinajstić information content (AvgIpc) is 3.33. The number of benzene rings is 1. The van der Waals surface area contributed by atoms with Crippen LogP contribution in [0.5, 0.6) is 0 Å². The summed E-state index contributed by atoms with van der Waals surface area (Å²) in [5, 5.41) is 9.01. The summed E-state index contributed by atoms with van der Waals surface area (Å²) in [6.45, 7) is 0.659. The minimum atomic E-state index is -0.133. The van der Waals surface area contributed by atoms with Gasteiger partial charge in [-0.3, -0.25) is 9.59 Å². The lowest BCUT2D eigenvalue weighted by atomic mass is 10.0. The highest BCUT2D eigenvalue weighted by atomic mass is 16.2. The van der Waals surface area contributed by atoms with Crippen molar-refractivity contribution < 1.29 is 9.59 Å². The van der Waals surface area contributed by atoms with Crippen LogP contribution in [0.25, 0.3) is 5.65 Å². The quantitative estimate of drug-likeness (QED) is 0.684. The lowest BCUT2D eigenvalue weighted by Gasteiger charge is -2.24. The van der Waals surface area contributed by atoms with Gasteiger partial charge in [-0.05, 0) is 36.6 Å². The number of amides is 1. The van der Waals surface area contributed by atoms with Gasteiger partial charge in [0.1, 0.15) is 23.7 Å². The maximum atomic E-state index is 13.0. The van der Waals surface area contributed by atoms with Crippen molar-refractivity contribution in [1.29, 1.82) is 5.26 Å². The first kappa shape index (κ1) is 16.0. The Hall–Kier alpha value is -3.46. The number of nitrogens with zero attached hydrogens (tertiary/aromatic N) is 4. The fourth-order valence-electron chi connectivity index (χ4n) is 3.50. The van der Waals surface area contributed by atoms with Gasteiger partial charge < -0.3 is 9.30 Å². The first-order chi connectivity index (χ1) is 12.7. The van der Waals surface area contributed by atoms with Gasteiger partial charge in [0.05, 0.1) is 11.6 Å². The number of hydrogen-bond donors (Lipinski definition) is 0. The lowest BCUT2D eigenvalue weighted by Crippen LogP contribution is -2.30. The minimum Gasteiger partial charge on any atom is -0.330 e. The van der Waals surface area contributed by atoms with Crippen LogP contribution in [0.2, 0.25) is 0 Å². The number of aromatic nitrogens is 2. The van der Waals surface area contributed by atoms with Crippen molar-refractivity contribution in [2.24, 2.45) is 0 Å². The topological polar surface area (TPSA) is 78.5 Å². The van der Waals surface area contributed by atoms with Gasteiger partial charge in [-0.15, -0.1) is 0 Å². The number of carbonyl (C=O) groups excluding carboxylic acids is 2. The lowest BCUT2D eigenvalue weighted by molar-refractivity contribution is 0.0730. The van der Waals surface area contributed by atoms with E-state index in [4.69, 9.17) is 5.26 Å². The molecule has 3 heterocycles. The first-order valence-corrected chi connectivity index (χ1v) is 8.44. The van der Waals surface area contributed by atoms with Crippen molar-refractivity contribution >= 4 is 17.8 Å². The highest BCUT2D eigenvalue weighted by Gasteiger charge is 2.31. The van der Waals surface area contributed by atoms with Crippen LogP contribution < -0.4 is 0 Å².